The van der Waals surface area contributed by atoms with Crippen LogP contribution in [0.3, 0.4) is 0 Å². The molecule has 0 atom stereocenters. The molecule has 7 heteroatoms. The quantitative estimate of drug-likeness (QED) is 0.746. The van der Waals surface area contributed by atoms with Gasteiger partial charge in [-0.3, -0.25) is 4.79 Å². The molecule has 0 aromatic carbocycles. The van der Waals surface area contributed by atoms with E-state index in [9.17, 15) is 4.79 Å². The second kappa shape index (κ2) is 5.46. The highest BCUT2D eigenvalue weighted by atomic mass is 16.1. The number of nitrogens with zero attached hydrogens (tertiary/aromatic N) is 4. The number of rotatable bonds is 5. The van der Waals surface area contributed by atoms with Gasteiger partial charge in [0.2, 0.25) is 0 Å². The average Bonchev–Trinajstić information content (AvgIpc) is 2.96. The Bertz CT molecular complexity index is 529. The van der Waals surface area contributed by atoms with Crippen LogP contribution in [0.2, 0.25) is 0 Å². The summed E-state index contributed by atoms with van der Waals surface area (Å²) in [6.07, 6.45) is 6.80. The van der Waals surface area contributed by atoms with Crippen LogP contribution >= 0.6 is 0 Å². The summed E-state index contributed by atoms with van der Waals surface area (Å²) in [4.78, 5) is 20.0. The summed E-state index contributed by atoms with van der Waals surface area (Å²) in [7, 11) is 1.88. The fraction of sp³-hybridized carbons (Fsp3) is 0.364. The molecule has 1 amide bonds. The minimum absolute atomic E-state index is 0.214. The molecule has 0 radical (unpaired) electrons. The molecule has 2 heterocycles. The van der Waals surface area contributed by atoms with Gasteiger partial charge in [-0.25, -0.2) is 9.97 Å². The fourth-order valence-corrected chi connectivity index (χ4v) is 1.57. The van der Waals surface area contributed by atoms with Crippen molar-refractivity contribution in [1.82, 2.24) is 24.4 Å². The highest BCUT2D eigenvalue weighted by molar-refractivity contribution is 5.91. The first-order chi connectivity index (χ1) is 8.70. The largest absolute Gasteiger partial charge is 0.343 e. The summed E-state index contributed by atoms with van der Waals surface area (Å²) in [5.41, 5.74) is 5.81. The summed E-state index contributed by atoms with van der Waals surface area (Å²) in [5.74, 6) is 0.582. The Balaban J connectivity index is 1.93. The van der Waals surface area contributed by atoms with Gasteiger partial charge in [0, 0.05) is 38.7 Å². The zero-order chi connectivity index (χ0) is 13.0. The molecule has 0 aliphatic carbocycles. The van der Waals surface area contributed by atoms with Crippen LogP contribution in [0.5, 0.6) is 0 Å². The van der Waals surface area contributed by atoms with Crippen molar-refractivity contribution in [2.45, 2.75) is 13.1 Å². The maximum Gasteiger partial charge on any atom is 0.271 e. The molecule has 96 valence electrons. The first-order valence-electron chi connectivity index (χ1n) is 5.67. The van der Waals surface area contributed by atoms with Crippen molar-refractivity contribution in [3.63, 3.8) is 0 Å². The third-order valence-corrected chi connectivity index (χ3v) is 2.58. The monoisotopic (exact) mass is 248 g/mol. The lowest BCUT2D eigenvalue weighted by atomic mass is 10.4. The number of amides is 1. The molecule has 0 bridgehead atoms. The first-order valence-corrected chi connectivity index (χ1v) is 5.67. The molecule has 2 aromatic rings. The lowest BCUT2D eigenvalue weighted by Gasteiger charge is -2.03. The number of aromatic nitrogens is 4. The SMILES string of the molecule is Cn1ccnc1CNC(=O)c1cn(CCN)cn1. The van der Waals surface area contributed by atoms with Crippen molar-refractivity contribution in [3.05, 3.63) is 36.4 Å². The van der Waals surface area contributed by atoms with E-state index in [1.165, 1.54) is 0 Å². The summed E-state index contributed by atoms with van der Waals surface area (Å²) < 4.78 is 3.64. The Morgan fingerprint density at radius 3 is 3.00 bits per heavy atom. The van der Waals surface area contributed by atoms with E-state index in [0.717, 1.165) is 5.82 Å². The van der Waals surface area contributed by atoms with Gasteiger partial charge in [0.05, 0.1) is 12.9 Å². The molecule has 0 saturated carbocycles. The number of carbonyl (C=O) groups excluding carboxylic acids is 1. The Morgan fingerprint density at radius 1 is 1.50 bits per heavy atom. The van der Waals surface area contributed by atoms with Crippen LogP contribution in [0.1, 0.15) is 16.3 Å². The van der Waals surface area contributed by atoms with Gasteiger partial charge in [0.25, 0.3) is 5.91 Å². The highest BCUT2D eigenvalue weighted by Crippen LogP contribution is 1.98. The minimum Gasteiger partial charge on any atom is -0.343 e. The minimum atomic E-state index is -0.214. The van der Waals surface area contributed by atoms with Gasteiger partial charge in [-0.05, 0) is 0 Å². The normalized spacial score (nSPS) is 10.6. The number of hydrogen-bond donors (Lipinski definition) is 2. The Hall–Kier alpha value is -2.15. The second-order valence-electron chi connectivity index (χ2n) is 3.92. The number of hydrogen-bond acceptors (Lipinski definition) is 4. The summed E-state index contributed by atoms with van der Waals surface area (Å²) in [6.45, 7) is 1.55. The van der Waals surface area contributed by atoms with Crippen molar-refractivity contribution in [2.24, 2.45) is 12.8 Å². The third kappa shape index (κ3) is 2.75. The van der Waals surface area contributed by atoms with Gasteiger partial charge in [-0.15, -0.1) is 0 Å². The molecule has 18 heavy (non-hydrogen) atoms. The average molecular weight is 248 g/mol. The fourth-order valence-electron chi connectivity index (χ4n) is 1.57. The zero-order valence-corrected chi connectivity index (χ0v) is 10.2. The van der Waals surface area contributed by atoms with Gasteiger partial charge < -0.3 is 20.2 Å². The van der Waals surface area contributed by atoms with Crippen molar-refractivity contribution < 1.29 is 4.79 Å². The molecule has 0 aliphatic heterocycles. The van der Waals surface area contributed by atoms with Gasteiger partial charge in [-0.2, -0.15) is 0 Å². The van der Waals surface area contributed by atoms with Crippen molar-refractivity contribution in [3.8, 4) is 0 Å². The summed E-state index contributed by atoms with van der Waals surface area (Å²) in [5, 5.41) is 2.77. The Labute approximate surface area is 105 Å². The molecule has 7 nitrogen and oxygen atoms in total. The van der Waals surface area contributed by atoms with Crippen molar-refractivity contribution in [2.75, 3.05) is 6.54 Å². The smallest absolute Gasteiger partial charge is 0.271 e. The van der Waals surface area contributed by atoms with Crippen LogP contribution in [0.15, 0.2) is 24.9 Å². The van der Waals surface area contributed by atoms with Gasteiger partial charge in [0.1, 0.15) is 11.5 Å². The Kier molecular flexibility index (Phi) is 3.73. The standard InChI is InChI=1S/C11H16N6O/c1-16-5-3-13-10(16)6-14-11(18)9-7-17(4-2-12)8-15-9/h3,5,7-8H,2,4,6,12H2,1H3,(H,14,18). The molecule has 2 rings (SSSR count). The second-order valence-corrected chi connectivity index (χ2v) is 3.92. The lowest BCUT2D eigenvalue weighted by Crippen LogP contribution is -2.24. The molecular weight excluding hydrogens is 232 g/mol. The van der Waals surface area contributed by atoms with Crippen LogP contribution in [-0.4, -0.2) is 31.6 Å². The number of imidazole rings is 2. The van der Waals surface area contributed by atoms with E-state index in [-0.39, 0.29) is 5.91 Å². The van der Waals surface area contributed by atoms with E-state index in [0.29, 0.717) is 25.3 Å². The van der Waals surface area contributed by atoms with E-state index in [4.69, 9.17) is 5.73 Å². The van der Waals surface area contributed by atoms with Crippen LogP contribution in [-0.2, 0) is 20.1 Å². The number of nitrogens with one attached hydrogen (secondary N) is 1. The highest BCUT2D eigenvalue weighted by Gasteiger charge is 2.09. The number of aryl methyl sites for hydroxylation is 1. The molecule has 0 aliphatic rings. The van der Waals surface area contributed by atoms with Crippen LogP contribution in [0, 0.1) is 0 Å². The van der Waals surface area contributed by atoms with Gasteiger partial charge in [0.15, 0.2) is 0 Å². The van der Waals surface area contributed by atoms with Crippen LogP contribution in [0.4, 0.5) is 0 Å². The summed E-state index contributed by atoms with van der Waals surface area (Å²) >= 11 is 0. The van der Waals surface area contributed by atoms with Crippen molar-refractivity contribution >= 4 is 5.91 Å². The van der Waals surface area contributed by atoms with E-state index in [1.54, 1.807) is 23.3 Å². The number of nitrogens with two attached hydrogens (primary N) is 1. The molecule has 0 fully saturated rings. The molecule has 0 saturated heterocycles. The lowest BCUT2D eigenvalue weighted by molar-refractivity contribution is 0.0945. The van der Waals surface area contributed by atoms with E-state index >= 15 is 0 Å². The first kappa shape index (κ1) is 12.3. The van der Waals surface area contributed by atoms with Crippen molar-refractivity contribution in [1.29, 1.82) is 0 Å². The Morgan fingerprint density at radius 2 is 2.33 bits per heavy atom. The molecule has 0 spiro atoms. The van der Waals surface area contributed by atoms with Gasteiger partial charge >= 0.3 is 0 Å². The third-order valence-electron chi connectivity index (χ3n) is 2.58. The van der Waals surface area contributed by atoms with E-state index < -0.39 is 0 Å². The predicted molar refractivity (Wildman–Crippen MR) is 65.7 cm³/mol. The maximum atomic E-state index is 11.8. The predicted octanol–water partition coefficient (Wildman–Crippen LogP) is -0.495. The van der Waals surface area contributed by atoms with Gasteiger partial charge in [-0.1, -0.05) is 0 Å². The molecular formula is C11H16N6O. The summed E-state index contributed by atoms with van der Waals surface area (Å²) in [6, 6.07) is 0. The van der Waals surface area contributed by atoms with E-state index in [1.807, 2.05) is 17.8 Å². The van der Waals surface area contributed by atoms with Crippen LogP contribution < -0.4 is 11.1 Å². The van der Waals surface area contributed by atoms with Crippen LogP contribution in [0.25, 0.3) is 0 Å². The molecule has 2 aromatic heterocycles. The molecule has 0 unspecified atom stereocenters. The molecule has 3 N–H and O–H groups in total. The maximum absolute atomic E-state index is 11.8. The zero-order valence-electron chi connectivity index (χ0n) is 10.2. The topological polar surface area (TPSA) is 90.8 Å². The van der Waals surface area contributed by atoms with E-state index in [2.05, 4.69) is 15.3 Å². The number of carbonyl (C=O) groups is 1.